The molecule has 0 bridgehead atoms. The minimum absolute atomic E-state index is 0.120. The average molecular weight is 344 g/mol. The van der Waals surface area contributed by atoms with Crippen molar-refractivity contribution in [1.29, 1.82) is 0 Å². The van der Waals surface area contributed by atoms with Gasteiger partial charge in [-0.3, -0.25) is 5.10 Å². The molecule has 132 valence electrons. The highest BCUT2D eigenvalue weighted by Crippen LogP contribution is 2.24. The van der Waals surface area contributed by atoms with Crippen LogP contribution >= 0.6 is 0 Å². The zero-order valence-corrected chi connectivity index (χ0v) is 13.9. The molecule has 1 fully saturated rings. The number of benzene rings is 1. The minimum Gasteiger partial charge on any atom is -0.370 e. The van der Waals surface area contributed by atoms with Crippen molar-refractivity contribution in [2.45, 2.75) is 31.9 Å². The van der Waals surface area contributed by atoms with Crippen LogP contribution in [-0.4, -0.2) is 40.8 Å². The van der Waals surface area contributed by atoms with Gasteiger partial charge in [0.1, 0.15) is 11.9 Å². The number of carbonyl (C=O) groups excluding carboxylic acids is 1. The monoisotopic (exact) mass is 344 g/mol. The molecule has 2 heterocycles. The fourth-order valence-corrected chi connectivity index (χ4v) is 3.52. The maximum atomic E-state index is 13.1. The molecular formula is C18H21FN4O2. The lowest BCUT2D eigenvalue weighted by Gasteiger charge is -2.33. The van der Waals surface area contributed by atoms with Crippen molar-refractivity contribution in [3.05, 3.63) is 52.6 Å². The number of nitrogens with one attached hydrogen (secondary N) is 2. The zero-order chi connectivity index (χ0) is 17.2. The molecule has 25 heavy (non-hydrogen) atoms. The highest BCUT2D eigenvalue weighted by Gasteiger charge is 2.26. The second-order valence-corrected chi connectivity index (χ2v) is 6.50. The molecule has 1 atom stereocenters. The van der Waals surface area contributed by atoms with Gasteiger partial charge in [-0.1, -0.05) is 12.1 Å². The normalized spacial score (nSPS) is 19.7. The number of rotatable bonds is 3. The molecule has 1 aliphatic carbocycles. The molecule has 0 saturated carbocycles. The Hall–Kier alpha value is -2.41. The average Bonchev–Trinajstić information content (AvgIpc) is 3.24. The van der Waals surface area contributed by atoms with Gasteiger partial charge in [-0.05, 0) is 42.5 Å². The molecular weight excluding hydrogens is 323 g/mol. The zero-order valence-electron chi connectivity index (χ0n) is 13.9. The molecule has 2 N–H and O–H groups in total. The van der Waals surface area contributed by atoms with Gasteiger partial charge in [-0.15, -0.1) is 0 Å². The molecule has 1 unspecified atom stereocenters. The third kappa shape index (κ3) is 3.37. The second-order valence-electron chi connectivity index (χ2n) is 6.50. The molecule has 7 heteroatoms. The summed E-state index contributed by atoms with van der Waals surface area (Å²) in [6.45, 7) is 1.90. The summed E-state index contributed by atoms with van der Waals surface area (Å²) in [7, 11) is 0. The van der Waals surface area contributed by atoms with Crippen LogP contribution in [0.15, 0.2) is 24.3 Å². The molecule has 1 aromatic heterocycles. The van der Waals surface area contributed by atoms with Gasteiger partial charge in [0, 0.05) is 12.2 Å². The summed E-state index contributed by atoms with van der Waals surface area (Å²) in [5.74, 6) is -0.277. The summed E-state index contributed by atoms with van der Waals surface area (Å²) in [6.07, 6.45) is 2.99. The molecule has 1 saturated heterocycles. The van der Waals surface area contributed by atoms with Crippen molar-refractivity contribution in [3.8, 4) is 0 Å². The molecule has 1 aliphatic heterocycles. The van der Waals surface area contributed by atoms with E-state index in [0.717, 1.165) is 30.5 Å². The molecule has 4 rings (SSSR count). The Morgan fingerprint density at radius 2 is 2.20 bits per heavy atom. The Morgan fingerprint density at radius 3 is 3.04 bits per heavy atom. The van der Waals surface area contributed by atoms with Crippen molar-refractivity contribution in [2.24, 2.45) is 0 Å². The lowest BCUT2D eigenvalue weighted by Crippen LogP contribution is -2.47. The smallest absolute Gasteiger partial charge is 0.317 e. The summed E-state index contributed by atoms with van der Waals surface area (Å²) in [5, 5.41) is 10.3. The number of aromatic amines is 1. The van der Waals surface area contributed by atoms with Gasteiger partial charge in [-0.25, -0.2) is 9.18 Å². The van der Waals surface area contributed by atoms with Crippen LogP contribution in [-0.2, 0) is 24.1 Å². The van der Waals surface area contributed by atoms with E-state index in [9.17, 15) is 9.18 Å². The lowest BCUT2D eigenvalue weighted by atomic mass is 10.1. The third-order valence-electron chi connectivity index (χ3n) is 4.89. The number of H-pyrrole nitrogens is 1. The van der Waals surface area contributed by atoms with E-state index in [1.54, 1.807) is 17.0 Å². The van der Waals surface area contributed by atoms with Crippen LogP contribution < -0.4 is 5.32 Å². The third-order valence-corrected chi connectivity index (χ3v) is 4.89. The van der Waals surface area contributed by atoms with Crippen LogP contribution in [0.5, 0.6) is 0 Å². The van der Waals surface area contributed by atoms with Crippen molar-refractivity contribution >= 4 is 6.03 Å². The predicted octanol–water partition coefficient (Wildman–Crippen LogP) is 2.32. The molecule has 1 aromatic carbocycles. The number of ether oxygens (including phenoxy) is 1. The Labute approximate surface area is 145 Å². The number of morpholine rings is 1. The maximum Gasteiger partial charge on any atom is 0.317 e. The predicted molar refractivity (Wildman–Crippen MR) is 89.5 cm³/mol. The Morgan fingerprint density at radius 1 is 1.36 bits per heavy atom. The van der Waals surface area contributed by atoms with E-state index in [-0.39, 0.29) is 18.0 Å². The van der Waals surface area contributed by atoms with Crippen molar-refractivity contribution in [1.82, 2.24) is 20.4 Å². The van der Waals surface area contributed by atoms with Gasteiger partial charge < -0.3 is 15.0 Å². The first-order valence-corrected chi connectivity index (χ1v) is 8.65. The number of hydrogen-bond acceptors (Lipinski definition) is 3. The maximum absolute atomic E-state index is 13.1. The SMILES string of the molecule is O=C(NCc1n[nH]c2c1CCC2)N1CCOC(c2ccc(F)cc2)C1. The number of nitrogens with zero attached hydrogens (tertiary/aromatic N) is 2. The van der Waals surface area contributed by atoms with Crippen molar-refractivity contribution in [2.75, 3.05) is 19.7 Å². The van der Waals surface area contributed by atoms with E-state index in [0.29, 0.717) is 26.2 Å². The van der Waals surface area contributed by atoms with E-state index in [2.05, 4.69) is 15.5 Å². The van der Waals surface area contributed by atoms with Gasteiger partial charge in [0.25, 0.3) is 0 Å². The fourth-order valence-electron chi connectivity index (χ4n) is 3.52. The van der Waals surface area contributed by atoms with Gasteiger partial charge >= 0.3 is 6.03 Å². The molecule has 2 aliphatic rings. The van der Waals surface area contributed by atoms with Crippen molar-refractivity contribution in [3.63, 3.8) is 0 Å². The number of aryl methyl sites for hydroxylation is 1. The number of aromatic nitrogens is 2. The molecule has 6 nitrogen and oxygen atoms in total. The topological polar surface area (TPSA) is 70.2 Å². The van der Waals surface area contributed by atoms with Gasteiger partial charge in [0.05, 0.1) is 25.4 Å². The Balaban J connectivity index is 1.35. The van der Waals surface area contributed by atoms with Crippen LogP contribution in [0.1, 0.15) is 35.0 Å². The highest BCUT2D eigenvalue weighted by atomic mass is 19.1. The number of carbonyl (C=O) groups is 1. The molecule has 0 radical (unpaired) electrons. The number of hydrogen-bond donors (Lipinski definition) is 2. The first-order valence-electron chi connectivity index (χ1n) is 8.65. The highest BCUT2D eigenvalue weighted by molar-refractivity contribution is 5.74. The van der Waals surface area contributed by atoms with Crippen LogP contribution in [0, 0.1) is 5.82 Å². The van der Waals surface area contributed by atoms with Gasteiger partial charge in [0.2, 0.25) is 0 Å². The fraction of sp³-hybridized carbons (Fsp3) is 0.444. The molecule has 0 spiro atoms. The Bertz CT molecular complexity index is 759. The van der Waals surface area contributed by atoms with Crippen LogP contribution in [0.2, 0.25) is 0 Å². The number of halogens is 1. The molecule has 2 aromatic rings. The minimum atomic E-state index is -0.277. The van der Waals surface area contributed by atoms with E-state index >= 15 is 0 Å². The largest absolute Gasteiger partial charge is 0.370 e. The van der Waals surface area contributed by atoms with Gasteiger partial charge in [-0.2, -0.15) is 5.10 Å². The van der Waals surface area contributed by atoms with Crippen LogP contribution in [0.25, 0.3) is 0 Å². The van der Waals surface area contributed by atoms with Crippen LogP contribution in [0.3, 0.4) is 0 Å². The van der Waals surface area contributed by atoms with E-state index < -0.39 is 0 Å². The lowest BCUT2D eigenvalue weighted by molar-refractivity contribution is -0.0155. The first-order chi connectivity index (χ1) is 12.2. The van der Waals surface area contributed by atoms with Crippen LogP contribution in [0.4, 0.5) is 9.18 Å². The second kappa shape index (κ2) is 6.84. The van der Waals surface area contributed by atoms with E-state index in [4.69, 9.17) is 4.74 Å². The van der Waals surface area contributed by atoms with E-state index in [1.807, 2.05) is 0 Å². The van der Waals surface area contributed by atoms with Gasteiger partial charge in [0.15, 0.2) is 0 Å². The number of fused-ring (bicyclic) bond motifs is 1. The quantitative estimate of drug-likeness (QED) is 0.898. The first kappa shape index (κ1) is 16.1. The standard InChI is InChI=1S/C18H21FN4O2/c19-13-6-4-12(5-7-13)17-11-23(8-9-25-17)18(24)20-10-16-14-2-1-3-15(14)21-22-16/h4-7,17H,1-3,8-11H2,(H,20,24)(H,21,22). The number of urea groups is 1. The van der Waals surface area contributed by atoms with E-state index in [1.165, 1.54) is 23.4 Å². The van der Waals surface area contributed by atoms with Crippen molar-refractivity contribution < 1.29 is 13.9 Å². The Kier molecular flexibility index (Phi) is 4.40. The summed E-state index contributed by atoms with van der Waals surface area (Å²) in [5.41, 5.74) is 4.27. The summed E-state index contributed by atoms with van der Waals surface area (Å²) < 4.78 is 18.8. The number of amides is 2. The summed E-state index contributed by atoms with van der Waals surface area (Å²) in [4.78, 5) is 14.2. The summed E-state index contributed by atoms with van der Waals surface area (Å²) in [6, 6.07) is 6.11. The summed E-state index contributed by atoms with van der Waals surface area (Å²) >= 11 is 0. The molecule has 2 amide bonds.